The van der Waals surface area contributed by atoms with E-state index in [0.29, 0.717) is 5.25 Å². The van der Waals surface area contributed by atoms with Gasteiger partial charge in [0.2, 0.25) is 0 Å². The maximum Gasteiger partial charge on any atom is 0.322 e. The zero-order chi connectivity index (χ0) is 13.0. The summed E-state index contributed by atoms with van der Waals surface area (Å²) in [6.45, 7) is 0.876. The van der Waals surface area contributed by atoms with Crippen LogP contribution >= 0.6 is 27.7 Å². The van der Waals surface area contributed by atoms with Gasteiger partial charge in [-0.2, -0.15) is 11.8 Å². The Bertz CT molecular complexity index is 410. The van der Waals surface area contributed by atoms with Crippen molar-refractivity contribution in [1.29, 1.82) is 0 Å². The first-order chi connectivity index (χ1) is 8.69. The fraction of sp³-hybridized carbons (Fsp3) is 0.462. The van der Waals surface area contributed by atoms with E-state index >= 15 is 0 Å². The van der Waals surface area contributed by atoms with Crippen LogP contribution in [0.15, 0.2) is 28.7 Å². The molecule has 5 heteroatoms. The zero-order valence-electron chi connectivity index (χ0n) is 10.2. The molecule has 1 unspecified atom stereocenters. The average Bonchev–Trinajstić information content (AvgIpc) is 2.86. The van der Waals surface area contributed by atoms with Gasteiger partial charge in [0, 0.05) is 22.0 Å². The van der Waals surface area contributed by atoms with Gasteiger partial charge in [-0.1, -0.05) is 28.1 Å². The summed E-state index contributed by atoms with van der Waals surface area (Å²) in [7, 11) is 1.44. The largest absolute Gasteiger partial charge is 0.468 e. The van der Waals surface area contributed by atoms with Gasteiger partial charge < -0.3 is 10.1 Å². The van der Waals surface area contributed by atoms with Crippen molar-refractivity contribution in [3.63, 3.8) is 0 Å². The van der Waals surface area contributed by atoms with Gasteiger partial charge in [-0.15, -0.1) is 0 Å². The molecule has 0 radical (unpaired) electrons. The summed E-state index contributed by atoms with van der Waals surface area (Å²) in [5, 5.41) is 3.68. The van der Waals surface area contributed by atoms with Crippen molar-refractivity contribution in [1.82, 2.24) is 5.32 Å². The number of ether oxygens (including phenoxy) is 1. The van der Waals surface area contributed by atoms with Gasteiger partial charge >= 0.3 is 5.97 Å². The van der Waals surface area contributed by atoms with Crippen molar-refractivity contribution in [3.8, 4) is 0 Å². The molecule has 0 spiro atoms. The minimum absolute atomic E-state index is 0.127. The van der Waals surface area contributed by atoms with Crippen LogP contribution in [0.3, 0.4) is 0 Å². The second-order valence-electron chi connectivity index (χ2n) is 4.28. The van der Waals surface area contributed by atoms with Crippen LogP contribution in [-0.2, 0) is 15.3 Å². The SMILES string of the molecule is COC(=O)[C@@H]1CC(SCc2ccc(Br)cc2)CN1. The zero-order valence-corrected chi connectivity index (χ0v) is 12.6. The Hall–Kier alpha value is -0.520. The predicted octanol–water partition coefficient (Wildman–Crippen LogP) is 2.59. The van der Waals surface area contributed by atoms with E-state index in [9.17, 15) is 4.79 Å². The molecule has 0 amide bonds. The Morgan fingerprint density at radius 2 is 2.22 bits per heavy atom. The van der Waals surface area contributed by atoms with Gasteiger partial charge in [0.05, 0.1) is 7.11 Å². The van der Waals surface area contributed by atoms with Crippen molar-refractivity contribution in [2.45, 2.75) is 23.5 Å². The first kappa shape index (κ1) is 13.9. The summed E-state index contributed by atoms with van der Waals surface area (Å²) in [5.41, 5.74) is 1.31. The van der Waals surface area contributed by atoms with Crippen LogP contribution in [0.1, 0.15) is 12.0 Å². The molecule has 98 valence electrons. The smallest absolute Gasteiger partial charge is 0.322 e. The minimum atomic E-state index is -0.151. The van der Waals surface area contributed by atoms with E-state index in [2.05, 4.69) is 45.5 Å². The molecule has 18 heavy (non-hydrogen) atoms. The number of methoxy groups -OCH3 is 1. The maximum atomic E-state index is 11.4. The van der Waals surface area contributed by atoms with Crippen molar-refractivity contribution in [2.75, 3.05) is 13.7 Å². The second kappa shape index (κ2) is 6.59. The molecular weight excluding hydrogens is 314 g/mol. The van der Waals surface area contributed by atoms with E-state index in [1.54, 1.807) is 0 Å². The first-order valence-electron chi connectivity index (χ1n) is 5.86. The van der Waals surface area contributed by atoms with Crippen LogP contribution in [-0.4, -0.2) is 30.9 Å². The number of hydrogen-bond donors (Lipinski definition) is 1. The summed E-state index contributed by atoms with van der Waals surface area (Å²) >= 11 is 5.32. The number of benzene rings is 1. The second-order valence-corrected chi connectivity index (χ2v) is 6.48. The Kier molecular flexibility index (Phi) is 5.09. The molecule has 0 saturated carbocycles. The number of thioether (sulfide) groups is 1. The molecule has 1 heterocycles. The van der Waals surface area contributed by atoms with Gasteiger partial charge in [-0.25, -0.2) is 0 Å². The number of halogens is 1. The Morgan fingerprint density at radius 1 is 1.50 bits per heavy atom. The van der Waals surface area contributed by atoms with Crippen molar-refractivity contribution in [3.05, 3.63) is 34.3 Å². The monoisotopic (exact) mass is 329 g/mol. The highest BCUT2D eigenvalue weighted by Gasteiger charge is 2.30. The van der Waals surface area contributed by atoms with E-state index in [4.69, 9.17) is 4.74 Å². The topological polar surface area (TPSA) is 38.3 Å². The van der Waals surface area contributed by atoms with Crippen LogP contribution in [0, 0.1) is 0 Å². The third-order valence-electron chi connectivity index (χ3n) is 2.98. The van der Waals surface area contributed by atoms with Crippen LogP contribution in [0.5, 0.6) is 0 Å². The molecule has 2 rings (SSSR count). The summed E-state index contributed by atoms with van der Waals surface area (Å²) in [5.74, 6) is 0.829. The van der Waals surface area contributed by atoms with E-state index < -0.39 is 0 Å². The number of esters is 1. The lowest BCUT2D eigenvalue weighted by Crippen LogP contribution is -2.31. The molecule has 1 N–H and O–H groups in total. The molecule has 2 atom stereocenters. The molecule has 1 fully saturated rings. The first-order valence-corrected chi connectivity index (χ1v) is 7.70. The third kappa shape index (κ3) is 3.73. The summed E-state index contributed by atoms with van der Waals surface area (Å²) in [6, 6.07) is 8.23. The van der Waals surface area contributed by atoms with Crippen molar-refractivity contribution >= 4 is 33.7 Å². The van der Waals surface area contributed by atoms with Gasteiger partial charge in [0.1, 0.15) is 6.04 Å². The fourth-order valence-corrected chi connectivity index (χ4v) is 3.37. The summed E-state index contributed by atoms with van der Waals surface area (Å²) < 4.78 is 5.84. The van der Waals surface area contributed by atoms with Crippen molar-refractivity contribution < 1.29 is 9.53 Å². The number of carbonyl (C=O) groups excluding carboxylic acids is 1. The van der Waals surface area contributed by atoms with Gasteiger partial charge in [-0.3, -0.25) is 4.79 Å². The summed E-state index contributed by atoms with van der Waals surface area (Å²) in [6.07, 6.45) is 0.855. The molecule has 1 aromatic carbocycles. The fourth-order valence-electron chi connectivity index (χ4n) is 1.95. The quantitative estimate of drug-likeness (QED) is 0.862. The molecular formula is C13H16BrNO2S. The minimum Gasteiger partial charge on any atom is -0.468 e. The lowest BCUT2D eigenvalue weighted by molar-refractivity contribution is -0.142. The van der Waals surface area contributed by atoms with E-state index in [1.165, 1.54) is 12.7 Å². The van der Waals surface area contributed by atoms with Gasteiger partial charge in [-0.05, 0) is 24.1 Å². The van der Waals surface area contributed by atoms with Crippen LogP contribution < -0.4 is 5.32 Å². The lowest BCUT2D eigenvalue weighted by Gasteiger charge is -2.09. The Balaban J connectivity index is 1.78. The highest BCUT2D eigenvalue weighted by Crippen LogP contribution is 2.25. The maximum absolute atomic E-state index is 11.4. The van der Waals surface area contributed by atoms with E-state index in [1.807, 2.05) is 11.8 Å². The molecule has 0 bridgehead atoms. The number of nitrogens with one attached hydrogen (secondary N) is 1. The standard InChI is InChI=1S/C13H16BrNO2S/c1-17-13(16)12-6-11(7-15-12)18-8-9-2-4-10(14)5-3-9/h2-5,11-12,15H,6-8H2,1H3/t11?,12-/m0/s1. The molecule has 1 aliphatic rings. The van der Waals surface area contributed by atoms with Crippen molar-refractivity contribution in [2.24, 2.45) is 0 Å². The average molecular weight is 330 g/mol. The third-order valence-corrected chi connectivity index (χ3v) is 4.83. The van der Waals surface area contributed by atoms with Gasteiger partial charge in [0.25, 0.3) is 0 Å². The normalized spacial score (nSPS) is 23.0. The Morgan fingerprint density at radius 3 is 2.89 bits per heavy atom. The van der Waals surface area contributed by atoms with Crippen LogP contribution in [0.4, 0.5) is 0 Å². The Labute approximate surface area is 120 Å². The molecule has 0 aliphatic carbocycles. The molecule has 1 aliphatic heterocycles. The molecule has 1 aromatic rings. The van der Waals surface area contributed by atoms with Crippen LogP contribution in [0.25, 0.3) is 0 Å². The summed E-state index contributed by atoms with van der Waals surface area (Å²) in [4.78, 5) is 11.4. The molecule has 0 aromatic heterocycles. The lowest BCUT2D eigenvalue weighted by atomic mass is 10.2. The number of hydrogen-bond acceptors (Lipinski definition) is 4. The predicted molar refractivity (Wildman–Crippen MR) is 77.6 cm³/mol. The number of rotatable bonds is 4. The highest BCUT2D eigenvalue weighted by molar-refractivity contribution is 9.10. The van der Waals surface area contributed by atoms with Gasteiger partial charge in [0.15, 0.2) is 0 Å². The van der Waals surface area contributed by atoms with E-state index in [-0.39, 0.29) is 12.0 Å². The highest BCUT2D eigenvalue weighted by atomic mass is 79.9. The molecule has 3 nitrogen and oxygen atoms in total. The number of carbonyl (C=O) groups is 1. The molecule has 1 saturated heterocycles. The van der Waals surface area contributed by atoms with E-state index in [0.717, 1.165) is 23.2 Å². The van der Waals surface area contributed by atoms with Crippen LogP contribution in [0.2, 0.25) is 0 Å².